The van der Waals surface area contributed by atoms with E-state index in [9.17, 15) is 9.90 Å². The number of fused-ring (bicyclic) bond motifs is 1. The average Bonchev–Trinajstić information content (AvgIpc) is 3.15. The second kappa shape index (κ2) is 9.15. The lowest BCUT2D eigenvalue weighted by Gasteiger charge is -2.39. The zero-order valence-corrected chi connectivity index (χ0v) is 19.1. The Balaban J connectivity index is 1.27. The summed E-state index contributed by atoms with van der Waals surface area (Å²) in [5.74, 6) is 1.21. The minimum atomic E-state index is -0.837. The molecule has 0 spiro atoms. The first kappa shape index (κ1) is 21.9. The maximum absolute atomic E-state index is 11.9. The molecule has 0 radical (unpaired) electrons. The van der Waals surface area contributed by atoms with E-state index in [1.54, 1.807) is 18.0 Å². The van der Waals surface area contributed by atoms with Crippen molar-refractivity contribution in [3.63, 3.8) is 0 Å². The molecule has 2 saturated heterocycles. The van der Waals surface area contributed by atoms with Gasteiger partial charge in [0.1, 0.15) is 0 Å². The van der Waals surface area contributed by atoms with Gasteiger partial charge in [0.25, 0.3) is 0 Å². The topological polar surface area (TPSA) is 99.8 Å². The van der Waals surface area contributed by atoms with Crippen molar-refractivity contribution in [2.24, 2.45) is 0 Å². The molecule has 5 rings (SSSR count). The van der Waals surface area contributed by atoms with Crippen LogP contribution in [0.4, 0.5) is 0 Å². The lowest BCUT2D eigenvalue weighted by Crippen LogP contribution is -2.52. The second-order valence-electron chi connectivity index (χ2n) is 9.46. The summed E-state index contributed by atoms with van der Waals surface area (Å²) in [5, 5.41) is 24.9. The second-order valence-corrected chi connectivity index (χ2v) is 9.46. The number of aromatic nitrogens is 5. The van der Waals surface area contributed by atoms with Crippen molar-refractivity contribution in [2.75, 3.05) is 32.7 Å². The molecule has 3 aromatic heterocycles. The Bertz CT molecular complexity index is 1110. The smallest absolute Gasteiger partial charge is 0.219 e. The average molecular weight is 450 g/mol. The monoisotopic (exact) mass is 449 g/mol. The highest BCUT2D eigenvalue weighted by atomic mass is 16.3. The van der Waals surface area contributed by atoms with Crippen molar-refractivity contribution in [3.05, 3.63) is 42.5 Å². The van der Waals surface area contributed by atoms with Gasteiger partial charge in [-0.15, -0.1) is 10.2 Å². The van der Waals surface area contributed by atoms with Crippen LogP contribution in [0.2, 0.25) is 0 Å². The van der Waals surface area contributed by atoms with Gasteiger partial charge in [0.05, 0.1) is 17.8 Å². The number of likely N-dealkylation sites (tertiary alicyclic amines) is 2. The number of amides is 1. The first-order chi connectivity index (χ1) is 16.0. The fraction of sp³-hybridized carbons (Fsp3) is 0.542. The van der Waals surface area contributed by atoms with E-state index in [0.29, 0.717) is 13.1 Å². The van der Waals surface area contributed by atoms with Crippen LogP contribution in [-0.4, -0.2) is 83.9 Å². The molecule has 5 heterocycles. The highest BCUT2D eigenvalue weighted by Crippen LogP contribution is 2.30. The van der Waals surface area contributed by atoms with Crippen LogP contribution in [0.15, 0.2) is 36.7 Å². The van der Waals surface area contributed by atoms with Crippen molar-refractivity contribution < 1.29 is 9.90 Å². The Hall–Kier alpha value is -2.91. The largest absolute Gasteiger partial charge is 0.387 e. The summed E-state index contributed by atoms with van der Waals surface area (Å²) in [6, 6.07) is 7.80. The molecule has 1 unspecified atom stereocenters. The van der Waals surface area contributed by atoms with Crippen LogP contribution in [-0.2, 0) is 4.79 Å². The lowest BCUT2D eigenvalue weighted by atomic mass is 9.92. The zero-order chi connectivity index (χ0) is 22.8. The van der Waals surface area contributed by atoms with Gasteiger partial charge >= 0.3 is 0 Å². The van der Waals surface area contributed by atoms with Crippen LogP contribution >= 0.6 is 0 Å². The normalized spacial score (nSPS) is 23.0. The number of carbonyl (C=O) groups excluding carboxylic acids is 1. The number of β-amino-alcohol motifs (C(OH)–C–C–N with tert-alkyl or cyclic N) is 1. The van der Waals surface area contributed by atoms with E-state index in [-0.39, 0.29) is 11.8 Å². The summed E-state index contributed by atoms with van der Waals surface area (Å²) < 4.78 is 1.87. The Morgan fingerprint density at radius 1 is 1.15 bits per heavy atom. The minimum Gasteiger partial charge on any atom is -0.387 e. The van der Waals surface area contributed by atoms with Gasteiger partial charge in [0.15, 0.2) is 11.5 Å². The van der Waals surface area contributed by atoms with Gasteiger partial charge in [0.2, 0.25) is 5.91 Å². The van der Waals surface area contributed by atoms with Crippen LogP contribution < -0.4 is 0 Å². The zero-order valence-electron chi connectivity index (χ0n) is 19.1. The molecule has 33 heavy (non-hydrogen) atoms. The fourth-order valence-electron chi connectivity index (χ4n) is 5.16. The molecule has 9 nitrogen and oxygen atoms in total. The molecule has 1 atom stereocenters. The maximum atomic E-state index is 11.9. The van der Waals surface area contributed by atoms with Crippen molar-refractivity contribution in [3.8, 4) is 11.3 Å². The number of carbonyl (C=O) groups is 1. The van der Waals surface area contributed by atoms with Crippen LogP contribution in [0.1, 0.15) is 50.8 Å². The highest BCUT2D eigenvalue weighted by Gasteiger charge is 2.36. The van der Waals surface area contributed by atoms with Crippen LogP contribution in [0.25, 0.3) is 16.9 Å². The predicted molar refractivity (Wildman–Crippen MR) is 123 cm³/mol. The van der Waals surface area contributed by atoms with Gasteiger partial charge in [-0.25, -0.2) is 0 Å². The molecule has 0 aromatic carbocycles. The number of nitrogens with zero attached hydrogens (tertiary/aromatic N) is 7. The number of aliphatic hydroxyl groups is 1. The van der Waals surface area contributed by atoms with E-state index in [2.05, 4.69) is 20.1 Å². The van der Waals surface area contributed by atoms with Crippen molar-refractivity contribution in [1.29, 1.82) is 0 Å². The predicted octanol–water partition coefficient (Wildman–Crippen LogP) is 2.13. The third kappa shape index (κ3) is 4.74. The number of piperidine rings is 1. The molecule has 2 aliphatic heterocycles. The van der Waals surface area contributed by atoms with Crippen molar-refractivity contribution in [1.82, 2.24) is 34.6 Å². The highest BCUT2D eigenvalue weighted by molar-refractivity contribution is 5.73. The first-order valence-electron chi connectivity index (χ1n) is 11.8. The molecule has 0 bridgehead atoms. The summed E-state index contributed by atoms with van der Waals surface area (Å²) in [4.78, 5) is 20.2. The molecule has 3 aromatic rings. The standard InChI is InChI=1S/C24H31N7O2/c1-18(32)30-12-3-2-10-24(33,17-30)16-29-13-8-19(9-14-29)23-27-26-22-7-6-21(28-31(22)23)20-5-4-11-25-15-20/h4-7,11,15,19,33H,2-3,8-10,12-14,16-17H2,1H3. The van der Waals surface area contributed by atoms with Gasteiger partial charge in [-0.05, 0) is 69.5 Å². The van der Waals surface area contributed by atoms with E-state index in [1.807, 2.05) is 35.0 Å². The Kier molecular flexibility index (Phi) is 6.07. The Labute approximate surface area is 193 Å². The first-order valence-corrected chi connectivity index (χ1v) is 11.8. The van der Waals surface area contributed by atoms with Gasteiger partial charge in [-0.3, -0.25) is 9.78 Å². The van der Waals surface area contributed by atoms with E-state index < -0.39 is 5.60 Å². The lowest BCUT2D eigenvalue weighted by molar-refractivity contribution is -0.132. The number of rotatable bonds is 4. The van der Waals surface area contributed by atoms with Crippen LogP contribution in [0.5, 0.6) is 0 Å². The van der Waals surface area contributed by atoms with Gasteiger partial charge in [-0.2, -0.15) is 9.61 Å². The summed E-state index contributed by atoms with van der Waals surface area (Å²) >= 11 is 0. The molecule has 1 N–H and O–H groups in total. The third-order valence-corrected chi connectivity index (χ3v) is 6.97. The van der Waals surface area contributed by atoms with E-state index in [1.165, 1.54) is 0 Å². The molecule has 2 aliphatic rings. The Morgan fingerprint density at radius 2 is 2.00 bits per heavy atom. The van der Waals surface area contributed by atoms with Crippen LogP contribution in [0, 0.1) is 0 Å². The van der Waals surface area contributed by atoms with Crippen LogP contribution in [0.3, 0.4) is 0 Å². The number of hydrogen-bond donors (Lipinski definition) is 1. The minimum absolute atomic E-state index is 0.0471. The molecule has 0 aliphatic carbocycles. The Morgan fingerprint density at radius 3 is 2.76 bits per heavy atom. The maximum Gasteiger partial charge on any atom is 0.219 e. The van der Waals surface area contributed by atoms with Gasteiger partial charge in [-0.1, -0.05) is 0 Å². The summed E-state index contributed by atoms with van der Waals surface area (Å²) in [6.45, 7) is 5.13. The van der Waals surface area contributed by atoms with E-state index in [4.69, 9.17) is 5.10 Å². The number of hydrogen-bond acceptors (Lipinski definition) is 7. The van der Waals surface area contributed by atoms with Crippen molar-refractivity contribution in [2.45, 2.75) is 50.5 Å². The van der Waals surface area contributed by atoms with Crippen molar-refractivity contribution >= 4 is 11.6 Å². The molecule has 2 fully saturated rings. The van der Waals surface area contributed by atoms with Gasteiger partial charge in [0, 0.05) is 43.9 Å². The molecule has 9 heteroatoms. The molecule has 1 amide bonds. The third-order valence-electron chi connectivity index (χ3n) is 6.97. The summed E-state index contributed by atoms with van der Waals surface area (Å²) in [5.41, 5.74) is 1.72. The van der Waals surface area contributed by atoms with E-state index in [0.717, 1.165) is 74.5 Å². The molecular formula is C24H31N7O2. The molecule has 174 valence electrons. The number of pyridine rings is 1. The van der Waals surface area contributed by atoms with E-state index >= 15 is 0 Å². The molecule has 0 saturated carbocycles. The van der Waals surface area contributed by atoms with Gasteiger partial charge < -0.3 is 14.9 Å². The SMILES string of the molecule is CC(=O)N1CCCCC(O)(CN2CCC(c3nnc4ccc(-c5cccnc5)nn34)CC2)C1. The quantitative estimate of drug-likeness (QED) is 0.651. The molecular weight excluding hydrogens is 418 g/mol. The summed E-state index contributed by atoms with van der Waals surface area (Å²) in [6.07, 6.45) is 8.08. The summed E-state index contributed by atoms with van der Waals surface area (Å²) in [7, 11) is 0. The fourth-order valence-corrected chi connectivity index (χ4v) is 5.16.